The van der Waals surface area contributed by atoms with E-state index in [1.807, 2.05) is 48.6 Å². The molecule has 22 heavy (non-hydrogen) atoms. The van der Waals surface area contributed by atoms with Crippen LogP contribution in [0.3, 0.4) is 0 Å². The smallest absolute Gasteiger partial charge is 0.0629 e. The fraction of sp³-hybridized carbons (Fsp3) is 0. The molecule has 1 aromatic carbocycles. The van der Waals surface area contributed by atoms with Crippen LogP contribution in [0.5, 0.6) is 0 Å². The lowest BCUT2D eigenvalue weighted by atomic mass is 10.1. The van der Waals surface area contributed by atoms with Crippen LogP contribution in [0.2, 0.25) is 0 Å². The minimum absolute atomic E-state index is 0.960. The molecule has 0 aliphatic rings. The molecule has 0 saturated carbocycles. The number of rotatable bonds is 4. The second kappa shape index (κ2) is 7.14. The van der Waals surface area contributed by atoms with Gasteiger partial charge < -0.3 is 0 Å². The minimum atomic E-state index is 0.960. The van der Waals surface area contributed by atoms with E-state index in [9.17, 15) is 0 Å². The zero-order valence-corrected chi connectivity index (χ0v) is 12.1. The molecule has 3 rings (SSSR count). The highest BCUT2D eigenvalue weighted by Gasteiger charge is 1.91. The van der Waals surface area contributed by atoms with Gasteiger partial charge in [-0.2, -0.15) is 0 Å². The van der Waals surface area contributed by atoms with Gasteiger partial charge in [0.15, 0.2) is 0 Å². The Morgan fingerprint density at radius 2 is 0.955 bits per heavy atom. The summed E-state index contributed by atoms with van der Waals surface area (Å²) in [4.78, 5) is 8.54. The first kappa shape index (κ1) is 14.0. The Hall–Kier alpha value is -3.00. The lowest BCUT2D eigenvalue weighted by Crippen LogP contribution is -1.79. The Kier molecular flexibility index (Phi) is 4.53. The molecule has 2 heterocycles. The largest absolute Gasteiger partial charge is 0.257 e. The zero-order valence-electron chi connectivity index (χ0n) is 12.1. The van der Waals surface area contributed by atoms with Crippen molar-refractivity contribution in [1.82, 2.24) is 9.97 Å². The number of pyridine rings is 2. The molecular weight excluding hydrogens is 268 g/mol. The van der Waals surface area contributed by atoms with Crippen LogP contribution in [0.1, 0.15) is 22.5 Å². The third-order valence-corrected chi connectivity index (χ3v) is 3.21. The van der Waals surface area contributed by atoms with Gasteiger partial charge in [0, 0.05) is 12.4 Å². The summed E-state index contributed by atoms with van der Waals surface area (Å²) in [7, 11) is 0. The van der Waals surface area contributed by atoms with Gasteiger partial charge in [0.25, 0.3) is 0 Å². The van der Waals surface area contributed by atoms with Gasteiger partial charge >= 0.3 is 0 Å². The topological polar surface area (TPSA) is 25.8 Å². The van der Waals surface area contributed by atoms with Crippen LogP contribution >= 0.6 is 0 Å². The molecule has 2 heteroatoms. The van der Waals surface area contributed by atoms with Crippen LogP contribution in [-0.4, -0.2) is 9.97 Å². The van der Waals surface area contributed by atoms with Crippen molar-refractivity contribution in [3.05, 3.63) is 95.6 Å². The number of hydrogen-bond donors (Lipinski definition) is 0. The molecular formula is C20H16N2. The summed E-state index contributed by atoms with van der Waals surface area (Å²) in [5, 5.41) is 0. The van der Waals surface area contributed by atoms with Gasteiger partial charge in [0.1, 0.15) is 0 Å². The van der Waals surface area contributed by atoms with E-state index in [1.165, 1.54) is 0 Å². The van der Waals surface area contributed by atoms with Gasteiger partial charge in [-0.1, -0.05) is 48.6 Å². The summed E-state index contributed by atoms with van der Waals surface area (Å²) in [5.41, 5.74) is 4.23. The first-order valence-electron chi connectivity index (χ1n) is 7.18. The summed E-state index contributed by atoms with van der Waals surface area (Å²) in [5.74, 6) is 0. The molecule has 106 valence electrons. The maximum absolute atomic E-state index is 4.27. The highest BCUT2D eigenvalue weighted by atomic mass is 14.7. The van der Waals surface area contributed by atoms with Crippen molar-refractivity contribution in [2.45, 2.75) is 0 Å². The number of nitrogens with zero attached hydrogens (tertiary/aromatic N) is 2. The molecule has 0 aliphatic carbocycles. The quantitative estimate of drug-likeness (QED) is 0.686. The van der Waals surface area contributed by atoms with Gasteiger partial charge in [-0.3, -0.25) is 9.97 Å². The molecule has 0 N–H and O–H groups in total. The summed E-state index contributed by atoms with van der Waals surface area (Å²) < 4.78 is 0. The van der Waals surface area contributed by atoms with E-state index in [1.54, 1.807) is 12.4 Å². The van der Waals surface area contributed by atoms with Crippen LogP contribution in [0.4, 0.5) is 0 Å². The van der Waals surface area contributed by atoms with E-state index in [2.05, 4.69) is 46.4 Å². The van der Waals surface area contributed by atoms with Crippen LogP contribution in [0.15, 0.2) is 73.1 Å². The first-order valence-corrected chi connectivity index (χ1v) is 7.18. The fourth-order valence-corrected chi connectivity index (χ4v) is 2.03. The van der Waals surface area contributed by atoms with E-state index in [-0.39, 0.29) is 0 Å². The van der Waals surface area contributed by atoms with Crippen LogP contribution in [0.25, 0.3) is 24.3 Å². The molecule has 0 fully saturated rings. The van der Waals surface area contributed by atoms with Gasteiger partial charge in [0.2, 0.25) is 0 Å². The Balaban J connectivity index is 1.68. The van der Waals surface area contributed by atoms with Crippen molar-refractivity contribution in [3.63, 3.8) is 0 Å². The van der Waals surface area contributed by atoms with Crippen LogP contribution < -0.4 is 0 Å². The predicted molar refractivity (Wildman–Crippen MR) is 92.8 cm³/mol. The van der Waals surface area contributed by atoms with Crippen molar-refractivity contribution in [1.29, 1.82) is 0 Å². The Bertz CT molecular complexity index is 689. The van der Waals surface area contributed by atoms with Gasteiger partial charge in [0.05, 0.1) is 11.4 Å². The number of aromatic nitrogens is 2. The van der Waals surface area contributed by atoms with Crippen molar-refractivity contribution >= 4 is 24.3 Å². The predicted octanol–water partition coefficient (Wildman–Crippen LogP) is 4.82. The standard InChI is InChI=1S/C20H16N2/c1-3-15-21-19(5-1)13-11-17-7-9-18(10-8-17)12-14-20-6-2-4-16-22-20/h1-16H/b13-11-,14-12+. The molecule has 2 nitrogen and oxygen atoms in total. The Morgan fingerprint density at radius 3 is 1.32 bits per heavy atom. The lowest BCUT2D eigenvalue weighted by Gasteiger charge is -1.97. The maximum Gasteiger partial charge on any atom is 0.0629 e. The third-order valence-electron chi connectivity index (χ3n) is 3.21. The number of benzene rings is 1. The summed E-state index contributed by atoms with van der Waals surface area (Å²) >= 11 is 0. The molecule has 0 amide bonds. The Labute approximate surface area is 130 Å². The molecule has 0 bridgehead atoms. The zero-order chi connectivity index (χ0) is 15.0. The van der Waals surface area contributed by atoms with Crippen molar-refractivity contribution in [2.24, 2.45) is 0 Å². The van der Waals surface area contributed by atoms with E-state index < -0.39 is 0 Å². The molecule has 0 aliphatic heterocycles. The molecule has 0 atom stereocenters. The van der Waals surface area contributed by atoms with E-state index >= 15 is 0 Å². The average Bonchev–Trinajstić information content (AvgIpc) is 2.61. The van der Waals surface area contributed by atoms with Crippen LogP contribution in [0, 0.1) is 0 Å². The highest BCUT2D eigenvalue weighted by Crippen LogP contribution is 2.11. The maximum atomic E-state index is 4.27. The molecule has 0 saturated heterocycles. The SMILES string of the molecule is C(=C/c1ccccn1)/c1ccc(/C=C/c2ccccn2)cc1. The van der Waals surface area contributed by atoms with Gasteiger partial charge in [-0.05, 0) is 47.5 Å². The van der Waals surface area contributed by atoms with Crippen LogP contribution in [-0.2, 0) is 0 Å². The van der Waals surface area contributed by atoms with Gasteiger partial charge in [-0.25, -0.2) is 0 Å². The normalized spacial score (nSPS) is 11.3. The van der Waals surface area contributed by atoms with Crippen molar-refractivity contribution < 1.29 is 0 Å². The monoisotopic (exact) mass is 284 g/mol. The average molecular weight is 284 g/mol. The van der Waals surface area contributed by atoms with E-state index in [0.717, 1.165) is 22.5 Å². The molecule has 0 radical (unpaired) electrons. The number of hydrogen-bond acceptors (Lipinski definition) is 2. The molecule has 0 spiro atoms. The highest BCUT2D eigenvalue weighted by molar-refractivity contribution is 5.71. The fourth-order valence-electron chi connectivity index (χ4n) is 2.03. The van der Waals surface area contributed by atoms with Crippen molar-refractivity contribution in [3.8, 4) is 0 Å². The third kappa shape index (κ3) is 4.00. The second-order valence-corrected chi connectivity index (χ2v) is 4.84. The summed E-state index contributed by atoms with van der Waals surface area (Å²) in [6.45, 7) is 0. The van der Waals surface area contributed by atoms with Crippen molar-refractivity contribution in [2.75, 3.05) is 0 Å². The van der Waals surface area contributed by atoms with E-state index in [4.69, 9.17) is 0 Å². The summed E-state index contributed by atoms with van der Waals surface area (Å²) in [6.07, 6.45) is 11.7. The lowest BCUT2D eigenvalue weighted by molar-refractivity contribution is 1.30. The molecule has 3 aromatic rings. The summed E-state index contributed by atoms with van der Waals surface area (Å²) in [6, 6.07) is 20.2. The molecule has 0 unspecified atom stereocenters. The Morgan fingerprint density at radius 1 is 0.500 bits per heavy atom. The minimum Gasteiger partial charge on any atom is -0.257 e. The van der Waals surface area contributed by atoms with Gasteiger partial charge in [-0.15, -0.1) is 0 Å². The first-order chi connectivity index (χ1) is 10.9. The van der Waals surface area contributed by atoms with E-state index in [0.29, 0.717) is 0 Å². The molecule has 2 aromatic heterocycles. The second-order valence-electron chi connectivity index (χ2n) is 4.84.